The highest BCUT2D eigenvalue weighted by molar-refractivity contribution is 5.34. The number of fused-ring (bicyclic) bond motifs is 2. The van der Waals surface area contributed by atoms with Crippen molar-refractivity contribution in [2.45, 2.75) is 37.5 Å². The lowest BCUT2D eigenvalue weighted by Crippen LogP contribution is -2.23. The summed E-state index contributed by atoms with van der Waals surface area (Å²) in [6.45, 7) is 0. The van der Waals surface area contributed by atoms with Gasteiger partial charge in [0.15, 0.2) is 0 Å². The van der Waals surface area contributed by atoms with Crippen LogP contribution in [0, 0.1) is 0 Å². The summed E-state index contributed by atoms with van der Waals surface area (Å²) in [7, 11) is 0. The first-order chi connectivity index (χ1) is 6.34. The van der Waals surface area contributed by atoms with E-state index in [9.17, 15) is 0 Å². The van der Waals surface area contributed by atoms with Gasteiger partial charge in [0.25, 0.3) is 0 Å². The smallest absolute Gasteiger partial charge is 0.220 e. The zero-order chi connectivity index (χ0) is 8.84. The first-order valence-electron chi connectivity index (χ1n) is 4.97. The number of nitrogen functional groups attached to an aromatic ring is 1. The minimum Gasteiger partial charge on any atom is -0.368 e. The second-order valence-corrected chi connectivity index (χ2v) is 4.12. The van der Waals surface area contributed by atoms with Crippen molar-refractivity contribution < 1.29 is 0 Å². The molecule has 1 aromatic heterocycles. The molecule has 3 aliphatic rings. The van der Waals surface area contributed by atoms with Gasteiger partial charge in [0.05, 0.1) is 5.69 Å². The van der Waals surface area contributed by atoms with Crippen LogP contribution in [0.1, 0.15) is 48.8 Å². The van der Waals surface area contributed by atoms with Crippen LogP contribution in [0.15, 0.2) is 6.20 Å². The van der Waals surface area contributed by atoms with Crippen LogP contribution in [0.5, 0.6) is 0 Å². The van der Waals surface area contributed by atoms with Crippen molar-refractivity contribution in [2.75, 3.05) is 5.73 Å². The van der Waals surface area contributed by atoms with Crippen molar-refractivity contribution in [1.82, 2.24) is 9.97 Å². The molecule has 0 radical (unpaired) electrons. The van der Waals surface area contributed by atoms with Crippen LogP contribution in [0.25, 0.3) is 0 Å². The van der Waals surface area contributed by atoms with E-state index in [0.29, 0.717) is 11.9 Å². The average molecular weight is 175 g/mol. The fourth-order valence-electron chi connectivity index (χ4n) is 2.74. The third kappa shape index (κ3) is 0.961. The molecule has 1 heterocycles. The molecule has 0 atom stereocenters. The fraction of sp³-hybridized carbons (Fsp3) is 0.600. The van der Waals surface area contributed by atoms with E-state index in [1.54, 1.807) is 0 Å². The van der Waals surface area contributed by atoms with Gasteiger partial charge in [-0.25, -0.2) is 9.97 Å². The largest absolute Gasteiger partial charge is 0.368 e. The molecular weight excluding hydrogens is 162 g/mol. The van der Waals surface area contributed by atoms with Crippen molar-refractivity contribution in [3.05, 3.63) is 17.5 Å². The van der Waals surface area contributed by atoms with Gasteiger partial charge in [-0.05, 0) is 37.2 Å². The molecule has 2 N–H and O–H groups in total. The number of hydrogen-bond acceptors (Lipinski definition) is 3. The maximum atomic E-state index is 5.59. The topological polar surface area (TPSA) is 51.8 Å². The van der Waals surface area contributed by atoms with Crippen LogP contribution in [0.3, 0.4) is 0 Å². The zero-order valence-corrected chi connectivity index (χ0v) is 7.53. The molecule has 0 aromatic carbocycles. The van der Waals surface area contributed by atoms with Gasteiger partial charge in [0.2, 0.25) is 5.95 Å². The highest BCUT2D eigenvalue weighted by Gasteiger charge is 2.34. The summed E-state index contributed by atoms with van der Waals surface area (Å²) in [6.07, 6.45) is 7.19. The molecule has 0 spiro atoms. The van der Waals surface area contributed by atoms with E-state index in [-0.39, 0.29) is 0 Å². The lowest BCUT2D eigenvalue weighted by molar-refractivity contribution is 0.350. The van der Waals surface area contributed by atoms with Crippen LogP contribution in [0.4, 0.5) is 5.95 Å². The highest BCUT2D eigenvalue weighted by Crippen LogP contribution is 2.48. The van der Waals surface area contributed by atoms with Crippen molar-refractivity contribution in [1.29, 1.82) is 0 Å². The molecule has 1 saturated carbocycles. The molecule has 0 saturated heterocycles. The minimum atomic E-state index is 0.436. The molecule has 0 amide bonds. The molecule has 4 rings (SSSR count). The van der Waals surface area contributed by atoms with Crippen LogP contribution >= 0.6 is 0 Å². The normalized spacial score (nSPS) is 30.2. The number of aromatic nitrogens is 2. The lowest BCUT2D eigenvalue weighted by atomic mass is 9.70. The van der Waals surface area contributed by atoms with Gasteiger partial charge in [-0.15, -0.1) is 0 Å². The van der Waals surface area contributed by atoms with E-state index in [0.717, 1.165) is 5.92 Å². The first kappa shape index (κ1) is 7.30. The molecule has 3 nitrogen and oxygen atoms in total. The molecule has 0 unspecified atom stereocenters. The van der Waals surface area contributed by atoms with E-state index >= 15 is 0 Å². The molecule has 3 aliphatic carbocycles. The number of rotatable bonds is 0. The molecule has 68 valence electrons. The SMILES string of the molecule is Nc1ncc2c(n1)C1CCC2CC1. The van der Waals surface area contributed by atoms with E-state index in [1.807, 2.05) is 6.20 Å². The molecule has 1 fully saturated rings. The van der Waals surface area contributed by atoms with Crippen LogP contribution in [0.2, 0.25) is 0 Å². The molecule has 3 heteroatoms. The summed E-state index contributed by atoms with van der Waals surface area (Å²) >= 11 is 0. The van der Waals surface area contributed by atoms with E-state index in [1.165, 1.54) is 36.9 Å². The van der Waals surface area contributed by atoms with Gasteiger partial charge in [-0.1, -0.05) is 0 Å². The number of nitrogens with two attached hydrogens (primary N) is 1. The summed E-state index contributed by atoms with van der Waals surface area (Å²) in [4.78, 5) is 8.44. The van der Waals surface area contributed by atoms with Gasteiger partial charge >= 0.3 is 0 Å². The third-order valence-electron chi connectivity index (χ3n) is 3.42. The Hall–Kier alpha value is -1.12. The van der Waals surface area contributed by atoms with Crippen molar-refractivity contribution in [2.24, 2.45) is 0 Å². The molecule has 13 heavy (non-hydrogen) atoms. The van der Waals surface area contributed by atoms with Crippen molar-refractivity contribution in [3.8, 4) is 0 Å². The molecular formula is C10H13N3. The standard InChI is InChI=1S/C10H13N3/c11-10-12-5-8-6-1-3-7(4-2-6)9(8)13-10/h5-7H,1-4H2,(H2,11,12,13). The van der Waals surface area contributed by atoms with Crippen LogP contribution < -0.4 is 5.73 Å². The van der Waals surface area contributed by atoms with E-state index in [4.69, 9.17) is 5.73 Å². The van der Waals surface area contributed by atoms with Gasteiger partial charge < -0.3 is 5.73 Å². The Balaban J connectivity index is 2.18. The number of hydrogen-bond donors (Lipinski definition) is 1. The lowest BCUT2D eigenvalue weighted by Gasteiger charge is -2.36. The van der Waals surface area contributed by atoms with Gasteiger partial charge in [-0.3, -0.25) is 0 Å². The summed E-state index contributed by atoms with van der Waals surface area (Å²) in [5, 5.41) is 0. The summed E-state index contributed by atoms with van der Waals surface area (Å²) in [5.74, 6) is 1.83. The average Bonchev–Trinajstić information content (AvgIpc) is 2.19. The minimum absolute atomic E-state index is 0.436. The second kappa shape index (κ2) is 2.44. The Morgan fingerprint density at radius 1 is 1.15 bits per heavy atom. The van der Waals surface area contributed by atoms with E-state index in [2.05, 4.69) is 9.97 Å². The fourth-order valence-corrected chi connectivity index (χ4v) is 2.74. The van der Waals surface area contributed by atoms with Crippen LogP contribution in [-0.2, 0) is 0 Å². The van der Waals surface area contributed by atoms with Gasteiger partial charge in [0, 0.05) is 12.1 Å². The van der Waals surface area contributed by atoms with Crippen molar-refractivity contribution in [3.63, 3.8) is 0 Å². The van der Waals surface area contributed by atoms with Gasteiger partial charge in [-0.2, -0.15) is 0 Å². The summed E-state index contributed by atoms with van der Waals surface area (Å²) < 4.78 is 0. The Morgan fingerprint density at radius 2 is 1.85 bits per heavy atom. The summed E-state index contributed by atoms with van der Waals surface area (Å²) in [5.41, 5.74) is 8.21. The maximum absolute atomic E-state index is 5.59. The summed E-state index contributed by atoms with van der Waals surface area (Å²) in [6, 6.07) is 0. The predicted molar refractivity (Wildman–Crippen MR) is 50.4 cm³/mol. The number of nitrogens with zero attached hydrogens (tertiary/aromatic N) is 2. The van der Waals surface area contributed by atoms with Crippen LogP contribution in [-0.4, -0.2) is 9.97 Å². The van der Waals surface area contributed by atoms with E-state index < -0.39 is 0 Å². The van der Waals surface area contributed by atoms with Crippen molar-refractivity contribution >= 4 is 5.95 Å². The molecule has 0 aliphatic heterocycles. The Bertz CT molecular complexity index is 340. The Kier molecular flexibility index (Phi) is 1.37. The zero-order valence-electron chi connectivity index (χ0n) is 7.53. The Morgan fingerprint density at radius 3 is 2.62 bits per heavy atom. The van der Waals surface area contributed by atoms with Gasteiger partial charge in [0.1, 0.15) is 0 Å². The quantitative estimate of drug-likeness (QED) is 0.654. The predicted octanol–water partition coefficient (Wildman–Crippen LogP) is 1.81. The highest BCUT2D eigenvalue weighted by atomic mass is 15.0. The number of anilines is 1. The Labute approximate surface area is 77.4 Å². The first-order valence-corrected chi connectivity index (χ1v) is 4.97. The third-order valence-corrected chi connectivity index (χ3v) is 3.42. The molecule has 2 bridgehead atoms. The second-order valence-electron chi connectivity index (χ2n) is 4.12. The maximum Gasteiger partial charge on any atom is 0.220 e. The molecule has 1 aromatic rings. The monoisotopic (exact) mass is 175 g/mol.